The summed E-state index contributed by atoms with van der Waals surface area (Å²) in [6.45, 7) is 7.08. The van der Waals surface area contributed by atoms with E-state index in [9.17, 15) is 4.79 Å². The standard InChI is InChI=1S/C13H23NO2/c1-13(2,3)14(10-9-12(15)16)11-7-5-4-6-8-11/h5,7,11H,4,6,8-10H2,1-3H3,(H,15,16). The molecule has 0 heterocycles. The number of allylic oxidation sites excluding steroid dienone is 1. The molecule has 0 fully saturated rings. The van der Waals surface area contributed by atoms with Crippen molar-refractivity contribution >= 4 is 5.97 Å². The molecule has 0 spiro atoms. The topological polar surface area (TPSA) is 40.5 Å². The maximum Gasteiger partial charge on any atom is 0.304 e. The van der Waals surface area contributed by atoms with Gasteiger partial charge in [-0.15, -0.1) is 0 Å². The Bertz CT molecular complexity index is 266. The highest BCUT2D eigenvalue weighted by atomic mass is 16.4. The van der Waals surface area contributed by atoms with E-state index in [1.807, 2.05) is 0 Å². The Hall–Kier alpha value is -0.830. The molecule has 1 aliphatic carbocycles. The summed E-state index contributed by atoms with van der Waals surface area (Å²) >= 11 is 0. The number of rotatable bonds is 4. The van der Waals surface area contributed by atoms with Crippen molar-refractivity contribution in [3.05, 3.63) is 12.2 Å². The van der Waals surface area contributed by atoms with E-state index in [1.165, 1.54) is 6.42 Å². The van der Waals surface area contributed by atoms with Crippen molar-refractivity contribution in [3.8, 4) is 0 Å². The zero-order valence-electron chi connectivity index (χ0n) is 10.6. The second kappa shape index (κ2) is 5.48. The van der Waals surface area contributed by atoms with Gasteiger partial charge in [-0.1, -0.05) is 12.2 Å². The molecule has 16 heavy (non-hydrogen) atoms. The second-order valence-electron chi connectivity index (χ2n) is 5.43. The van der Waals surface area contributed by atoms with Crippen molar-refractivity contribution in [1.29, 1.82) is 0 Å². The summed E-state index contributed by atoms with van der Waals surface area (Å²) in [7, 11) is 0. The van der Waals surface area contributed by atoms with Crippen LogP contribution in [0.15, 0.2) is 12.2 Å². The molecule has 3 nitrogen and oxygen atoms in total. The summed E-state index contributed by atoms with van der Waals surface area (Å²) in [6, 6.07) is 0.410. The van der Waals surface area contributed by atoms with Crippen LogP contribution in [0.3, 0.4) is 0 Å². The fraction of sp³-hybridized carbons (Fsp3) is 0.769. The Balaban J connectivity index is 2.66. The van der Waals surface area contributed by atoms with E-state index in [0.29, 0.717) is 12.6 Å². The van der Waals surface area contributed by atoms with Gasteiger partial charge in [-0.3, -0.25) is 9.69 Å². The molecule has 0 aromatic heterocycles. The van der Waals surface area contributed by atoms with E-state index in [1.54, 1.807) is 0 Å². The Morgan fingerprint density at radius 3 is 2.62 bits per heavy atom. The monoisotopic (exact) mass is 225 g/mol. The molecule has 1 N–H and O–H groups in total. The summed E-state index contributed by atoms with van der Waals surface area (Å²) in [5.41, 5.74) is 0.0296. The summed E-state index contributed by atoms with van der Waals surface area (Å²) in [5, 5.41) is 8.78. The van der Waals surface area contributed by atoms with Crippen molar-refractivity contribution in [3.63, 3.8) is 0 Å². The predicted octanol–water partition coefficient (Wildman–Crippen LogP) is 2.67. The van der Waals surface area contributed by atoms with Crippen LogP contribution in [0.25, 0.3) is 0 Å². The third-order valence-corrected chi connectivity index (χ3v) is 3.06. The molecule has 1 atom stereocenters. The van der Waals surface area contributed by atoms with Crippen LogP contribution in [-0.4, -0.2) is 34.1 Å². The van der Waals surface area contributed by atoms with Crippen molar-refractivity contribution in [1.82, 2.24) is 4.90 Å². The molecule has 1 rings (SSSR count). The van der Waals surface area contributed by atoms with Crippen LogP contribution >= 0.6 is 0 Å². The highest BCUT2D eigenvalue weighted by Gasteiger charge is 2.28. The molecular weight excluding hydrogens is 202 g/mol. The first-order valence-electron chi connectivity index (χ1n) is 6.06. The van der Waals surface area contributed by atoms with Gasteiger partial charge in [-0.2, -0.15) is 0 Å². The van der Waals surface area contributed by atoms with E-state index < -0.39 is 5.97 Å². The van der Waals surface area contributed by atoms with Crippen molar-refractivity contribution in [2.24, 2.45) is 0 Å². The quantitative estimate of drug-likeness (QED) is 0.748. The second-order valence-corrected chi connectivity index (χ2v) is 5.43. The molecule has 0 saturated carbocycles. The third-order valence-electron chi connectivity index (χ3n) is 3.06. The molecular formula is C13H23NO2. The van der Waals surface area contributed by atoms with Crippen LogP contribution in [0.2, 0.25) is 0 Å². The number of carboxylic acids is 1. The van der Waals surface area contributed by atoms with Gasteiger partial charge in [0.25, 0.3) is 0 Å². The highest BCUT2D eigenvalue weighted by molar-refractivity contribution is 5.66. The molecule has 3 heteroatoms. The molecule has 92 valence electrons. The number of carboxylic acid groups (broad SMARTS) is 1. The first-order chi connectivity index (χ1) is 7.41. The number of aliphatic carboxylic acids is 1. The minimum absolute atomic E-state index is 0.0296. The predicted molar refractivity (Wildman–Crippen MR) is 65.5 cm³/mol. The Labute approximate surface area is 98.1 Å². The summed E-state index contributed by atoms with van der Waals surface area (Å²) in [5.74, 6) is -0.714. The molecule has 0 aliphatic heterocycles. The van der Waals surface area contributed by atoms with E-state index in [0.717, 1.165) is 12.8 Å². The maximum absolute atomic E-state index is 10.7. The van der Waals surface area contributed by atoms with Gasteiger partial charge in [0.1, 0.15) is 0 Å². The van der Waals surface area contributed by atoms with Gasteiger partial charge in [-0.05, 0) is 40.0 Å². The van der Waals surface area contributed by atoms with Crippen molar-refractivity contribution < 1.29 is 9.90 Å². The SMILES string of the molecule is CC(C)(C)N(CCC(=O)O)C1C=CCCC1. The molecule has 0 radical (unpaired) electrons. The Morgan fingerprint density at radius 1 is 1.50 bits per heavy atom. The average molecular weight is 225 g/mol. The lowest BCUT2D eigenvalue weighted by molar-refractivity contribution is -0.137. The minimum Gasteiger partial charge on any atom is -0.481 e. The first-order valence-corrected chi connectivity index (χ1v) is 6.06. The molecule has 1 unspecified atom stereocenters. The van der Waals surface area contributed by atoms with Crippen molar-refractivity contribution in [2.75, 3.05) is 6.54 Å². The van der Waals surface area contributed by atoms with Gasteiger partial charge >= 0.3 is 5.97 Å². The van der Waals surface area contributed by atoms with Gasteiger partial charge < -0.3 is 5.11 Å². The summed E-state index contributed by atoms with van der Waals surface area (Å²) < 4.78 is 0. The Morgan fingerprint density at radius 2 is 2.19 bits per heavy atom. The van der Waals surface area contributed by atoms with Crippen LogP contribution in [0.4, 0.5) is 0 Å². The number of nitrogens with zero attached hydrogens (tertiary/aromatic N) is 1. The van der Waals surface area contributed by atoms with Gasteiger partial charge in [0.15, 0.2) is 0 Å². The lowest BCUT2D eigenvalue weighted by Gasteiger charge is -2.41. The number of hydrogen-bond acceptors (Lipinski definition) is 2. The van der Waals surface area contributed by atoms with Gasteiger partial charge in [0, 0.05) is 18.1 Å². The van der Waals surface area contributed by atoms with Gasteiger partial charge in [0.05, 0.1) is 6.42 Å². The third kappa shape index (κ3) is 3.97. The molecule has 0 saturated heterocycles. The van der Waals surface area contributed by atoms with Crippen LogP contribution in [0.5, 0.6) is 0 Å². The fourth-order valence-corrected chi connectivity index (χ4v) is 2.27. The normalized spacial score (nSPS) is 21.4. The smallest absolute Gasteiger partial charge is 0.304 e. The lowest BCUT2D eigenvalue weighted by atomic mass is 9.95. The van der Waals surface area contributed by atoms with Crippen LogP contribution in [-0.2, 0) is 4.79 Å². The fourth-order valence-electron chi connectivity index (χ4n) is 2.27. The molecule has 0 amide bonds. The summed E-state index contributed by atoms with van der Waals surface area (Å²) in [4.78, 5) is 13.0. The van der Waals surface area contributed by atoms with E-state index in [2.05, 4.69) is 37.8 Å². The first kappa shape index (κ1) is 13.2. The van der Waals surface area contributed by atoms with Crippen LogP contribution in [0, 0.1) is 0 Å². The highest BCUT2D eigenvalue weighted by Crippen LogP contribution is 2.24. The van der Waals surface area contributed by atoms with Gasteiger partial charge in [0.2, 0.25) is 0 Å². The largest absolute Gasteiger partial charge is 0.481 e. The van der Waals surface area contributed by atoms with E-state index in [4.69, 9.17) is 5.11 Å². The molecule has 1 aliphatic rings. The van der Waals surface area contributed by atoms with Crippen LogP contribution in [0.1, 0.15) is 46.5 Å². The number of carbonyl (C=O) groups is 1. The van der Waals surface area contributed by atoms with E-state index >= 15 is 0 Å². The Kier molecular flexibility index (Phi) is 4.54. The average Bonchev–Trinajstić information content (AvgIpc) is 2.17. The molecule has 0 bridgehead atoms. The molecule has 0 aromatic rings. The van der Waals surface area contributed by atoms with Gasteiger partial charge in [-0.25, -0.2) is 0 Å². The van der Waals surface area contributed by atoms with E-state index in [-0.39, 0.29) is 12.0 Å². The van der Waals surface area contributed by atoms with Crippen LogP contribution < -0.4 is 0 Å². The minimum atomic E-state index is -0.714. The zero-order chi connectivity index (χ0) is 12.2. The summed E-state index contributed by atoms with van der Waals surface area (Å²) in [6.07, 6.45) is 8.19. The van der Waals surface area contributed by atoms with Crippen molar-refractivity contribution in [2.45, 2.75) is 58.0 Å². The lowest BCUT2D eigenvalue weighted by Crippen LogP contribution is -2.48. The number of hydrogen-bond donors (Lipinski definition) is 1. The molecule has 0 aromatic carbocycles. The maximum atomic E-state index is 10.7. The zero-order valence-corrected chi connectivity index (χ0v) is 10.6.